The summed E-state index contributed by atoms with van der Waals surface area (Å²) in [6.45, 7) is 21.4. The Hall–Kier alpha value is 0.679. The van der Waals surface area contributed by atoms with Crippen LogP contribution in [0, 0.1) is 0 Å². The van der Waals surface area contributed by atoms with Crippen LogP contribution in [0.4, 0.5) is 0 Å². The van der Waals surface area contributed by atoms with Gasteiger partial charge in [0, 0.05) is 0 Å². The summed E-state index contributed by atoms with van der Waals surface area (Å²) < 4.78 is 20.6. The Morgan fingerprint density at radius 3 is 0.952 bits per heavy atom. The summed E-state index contributed by atoms with van der Waals surface area (Å²) in [5.74, 6) is 0. The molecule has 0 N–H and O–H groups in total. The maximum atomic E-state index is 6.56. The molecule has 0 aromatic heterocycles. The van der Waals surface area contributed by atoms with Crippen LogP contribution in [0.25, 0.3) is 0 Å². The first-order chi connectivity index (χ1) is 9.36. The Morgan fingerprint density at radius 1 is 0.571 bits per heavy atom. The zero-order valence-corrected chi connectivity index (χ0v) is 18.9. The molecule has 128 valence electrons. The van der Waals surface area contributed by atoms with E-state index in [0.29, 0.717) is 0 Å². The van der Waals surface area contributed by atoms with E-state index in [0.717, 1.165) is 23.7 Å². The van der Waals surface area contributed by atoms with Gasteiger partial charge in [-0.15, -0.1) is 0 Å². The first-order valence-corrected chi connectivity index (χ1v) is 14.0. The molecule has 0 aliphatic heterocycles. The van der Waals surface area contributed by atoms with E-state index in [2.05, 4.69) is 69.2 Å². The molecule has 0 saturated carbocycles. The molecule has 0 aliphatic carbocycles. The van der Waals surface area contributed by atoms with Gasteiger partial charge in [-0.1, -0.05) is 0 Å². The summed E-state index contributed by atoms with van der Waals surface area (Å²) in [5, 5.41) is 0. The second-order valence-electron chi connectivity index (χ2n) is 7.68. The molecule has 0 aromatic rings. The third-order valence-corrected chi connectivity index (χ3v) is 14.1. The van der Waals surface area contributed by atoms with Gasteiger partial charge in [0.1, 0.15) is 0 Å². The zero-order valence-electron chi connectivity index (χ0n) is 16.1. The summed E-state index contributed by atoms with van der Waals surface area (Å²) in [6, 6.07) is 0. The molecule has 0 saturated heterocycles. The van der Waals surface area contributed by atoms with Gasteiger partial charge in [-0.3, -0.25) is 0 Å². The minimum absolute atomic E-state index is 0.195. The van der Waals surface area contributed by atoms with Crippen LogP contribution in [0.1, 0.15) is 88.5 Å². The normalized spacial score (nSPS) is 14.6. The summed E-state index contributed by atoms with van der Waals surface area (Å²) in [6.07, 6.45) is 2.87. The Morgan fingerprint density at radius 2 is 0.810 bits per heavy atom. The fraction of sp³-hybridized carbons (Fsp3) is 1.00. The molecule has 0 aromatic carbocycles. The van der Waals surface area contributed by atoms with Crippen molar-refractivity contribution in [1.29, 1.82) is 0 Å². The van der Waals surface area contributed by atoms with Gasteiger partial charge in [0.05, 0.1) is 0 Å². The molecule has 0 radical (unpaired) electrons. The van der Waals surface area contributed by atoms with Crippen LogP contribution >= 0.6 is 0 Å². The Bertz CT molecular complexity index is 266. The Balaban J connectivity index is 5.48. The van der Waals surface area contributed by atoms with Gasteiger partial charge in [-0.25, -0.2) is 0 Å². The summed E-state index contributed by atoms with van der Waals surface area (Å²) in [7, 11) is 0. The molecular weight excluding hydrogens is 371 g/mol. The molecule has 0 aliphatic rings. The van der Waals surface area contributed by atoms with Crippen LogP contribution in [0.5, 0.6) is 0 Å². The van der Waals surface area contributed by atoms with Gasteiger partial charge in [0.15, 0.2) is 0 Å². The van der Waals surface area contributed by atoms with E-state index in [1.165, 1.54) is 0 Å². The molecule has 0 heterocycles. The van der Waals surface area contributed by atoms with E-state index in [1.807, 2.05) is 0 Å². The molecule has 0 rings (SSSR count). The van der Waals surface area contributed by atoms with Crippen molar-refractivity contribution in [3.05, 3.63) is 0 Å². The molecular formula is C17H38O3Sn. The van der Waals surface area contributed by atoms with Crippen molar-refractivity contribution in [2.24, 2.45) is 0 Å². The molecule has 0 bridgehead atoms. The van der Waals surface area contributed by atoms with Crippen LogP contribution < -0.4 is 0 Å². The Labute approximate surface area is 138 Å². The van der Waals surface area contributed by atoms with E-state index in [4.69, 9.17) is 9.22 Å². The van der Waals surface area contributed by atoms with E-state index in [1.54, 1.807) is 0 Å². The number of hydrogen-bond acceptors (Lipinski definition) is 3. The van der Waals surface area contributed by atoms with Crippen molar-refractivity contribution in [3.8, 4) is 0 Å². The molecule has 3 nitrogen and oxygen atoms in total. The van der Waals surface area contributed by atoms with E-state index in [-0.39, 0.29) is 16.8 Å². The molecule has 0 unspecified atom stereocenters. The average Bonchev–Trinajstić information content (AvgIpc) is 2.37. The monoisotopic (exact) mass is 410 g/mol. The summed E-state index contributed by atoms with van der Waals surface area (Å²) >= 11 is -3.63. The van der Waals surface area contributed by atoms with E-state index < -0.39 is 19.6 Å². The molecule has 0 spiro atoms. The van der Waals surface area contributed by atoms with Gasteiger partial charge in [-0.2, -0.15) is 0 Å². The van der Waals surface area contributed by atoms with Crippen LogP contribution in [0.15, 0.2) is 0 Å². The van der Waals surface area contributed by atoms with Crippen LogP contribution in [-0.4, -0.2) is 36.4 Å². The predicted octanol–water partition coefficient (Wildman–Crippen LogP) is 5.56. The van der Waals surface area contributed by atoms with Crippen molar-refractivity contribution >= 4 is 19.6 Å². The fourth-order valence-electron chi connectivity index (χ4n) is 1.76. The quantitative estimate of drug-likeness (QED) is 0.442. The SMILES string of the molecule is CCC(C)(C)[O][Sn]([CH2]C)([O]C(C)(C)CC)[O]C(C)(C)CC. The standard InChI is InChI=1S/3C5H11O.C2H5.Sn/c3*1-4-5(2,3)6;1-2;/h3*4H2,1-3H3;1H2,2H3;/q3*-1;;+3. The topological polar surface area (TPSA) is 27.7 Å². The van der Waals surface area contributed by atoms with Gasteiger partial charge < -0.3 is 0 Å². The van der Waals surface area contributed by atoms with E-state index >= 15 is 0 Å². The second kappa shape index (κ2) is 7.98. The van der Waals surface area contributed by atoms with Gasteiger partial charge in [-0.05, 0) is 0 Å². The number of hydrogen-bond donors (Lipinski definition) is 0. The predicted molar refractivity (Wildman–Crippen MR) is 92.6 cm³/mol. The van der Waals surface area contributed by atoms with Gasteiger partial charge in [0.2, 0.25) is 0 Å². The first-order valence-electron chi connectivity index (χ1n) is 8.47. The third kappa shape index (κ3) is 7.67. The van der Waals surface area contributed by atoms with Crippen molar-refractivity contribution < 1.29 is 9.22 Å². The molecule has 0 atom stereocenters. The van der Waals surface area contributed by atoms with Crippen LogP contribution in [0.2, 0.25) is 4.44 Å². The molecule has 4 heteroatoms. The maximum absolute atomic E-state index is 6.56. The minimum atomic E-state index is -3.63. The third-order valence-electron chi connectivity index (χ3n) is 4.28. The van der Waals surface area contributed by atoms with Gasteiger partial charge >= 0.3 is 139 Å². The van der Waals surface area contributed by atoms with Crippen LogP contribution in [0.3, 0.4) is 0 Å². The number of rotatable bonds is 10. The average molecular weight is 409 g/mol. The van der Waals surface area contributed by atoms with Crippen molar-refractivity contribution in [2.45, 2.75) is 110 Å². The summed E-state index contributed by atoms with van der Waals surface area (Å²) in [5.41, 5.74) is -0.584. The fourth-order valence-corrected chi connectivity index (χ4v) is 11.8. The zero-order chi connectivity index (χ0) is 16.9. The Kier molecular flexibility index (Phi) is 8.24. The van der Waals surface area contributed by atoms with Crippen LogP contribution in [-0.2, 0) is 9.22 Å². The van der Waals surface area contributed by atoms with Crippen molar-refractivity contribution in [1.82, 2.24) is 0 Å². The first kappa shape index (κ1) is 21.7. The molecule has 0 fully saturated rings. The van der Waals surface area contributed by atoms with Crippen molar-refractivity contribution in [3.63, 3.8) is 0 Å². The van der Waals surface area contributed by atoms with Gasteiger partial charge in [0.25, 0.3) is 0 Å². The van der Waals surface area contributed by atoms with E-state index in [9.17, 15) is 0 Å². The second-order valence-corrected chi connectivity index (χ2v) is 15.3. The summed E-state index contributed by atoms with van der Waals surface area (Å²) in [4.78, 5) is 0. The molecule has 0 amide bonds. The molecule has 21 heavy (non-hydrogen) atoms. The van der Waals surface area contributed by atoms with Crippen molar-refractivity contribution in [2.75, 3.05) is 0 Å².